The van der Waals surface area contributed by atoms with E-state index in [4.69, 9.17) is 4.74 Å². The van der Waals surface area contributed by atoms with Crippen molar-refractivity contribution in [3.8, 4) is 0 Å². The number of benzene rings is 1. The summed E-state index contributed by atoms with van der Waals surface area (Å²) in [6.07, 6.45) is 0.758. The van der Waals surface area contributed by atoms with Crippen molar-refractivity contribution in [1.29, 1.82) is 0 Å². The third kappa shape index (κ3) is 5.30. The van der Waals surface area contributed by atoms with Crippen LogP contribution in [0.5, 0.6) is 0 Å². The van der Waals surface area contributed by atoms with Gasteiger partial charge in [-0.1, -0.05) is 12.1 Å². The summed E-state index contributed by atoms with van der Waals surface area (Å²) < 4.78 is 5.87. The Morgan fingerprint density at radius 1 is 1.30 bits per heavy atom. The van der Waals surface area contributed by atoms with Crippen LogP contribution < -0.4 is 10.6 Å². The lowest BCUT2D eigenvalue weighted by molar-refractivity contribution is 0.0943. The van der Waals surface area contributed by atoms with Crippen LogP contribution in [0.1, 0.15) is 22.7 Å². The highest BCUT2D eigenvalue weighted by atomic mass is 79.9. The smallest absolute Gasteiger partial charge is 0.270 e. The molecule has 1 amide bonds. The van der Waals surface area contributed by atoms with Crippen LogP contribution in [0, 0.1) is 6.92 Å². The summed E-state index contributed by atoms with van der Waals surface area (Å²) in [5.74, 6) is 0.886. The number of amides is 1. The first-order valence-electron chi connectivity index (χ1n) is 7.24. The van der Waals surface area contributed by atoms with E-state index in [0.29, 0.717) is 30.5 Å². The molecular weight excluding hydrogens is 360 g/mol. The molecule has 0 fully saturated rings. The summed E-state index contributed by atoms with van der Waals surface area (Å²) in [5.41, 5.74) is 1.21. The van der Waals surface area contributed by atoms with Gasteiger partial charge in [0.25, 0.3) is 5.91 Å². The highest BCUT2D eigenvalue weighted by molar-refractivity contribution is 9.10. The van der Waals surface area contributed by atoms with Crippen molar-refractivity contribution in [2.45, 2.75) is 13.3 Å². The zero-order valence-corrected chi connectivity index (χ0v) is 14.7. The normalized spacial score (nSPS) is 10.4. The number of nitrogens with zero attached hydrogens (tertiary/aromatic N) is 2. The number of aryl methyl sites for hydroxylation is 1. The lowest BCUT2D eigenvalue weighted by Gasteiger charge is -2.10. The zero-order chi connectivity index (χ0) is 16.7. The van der Waals surface area contributed by atoms with Gasteiger partial charge in [-0.25, -0.2) is 9.97 Å². The number of nitrogens with one attached hydrogen (secondary N) is 2. The second kappa shape index (κ2) is 8.59. The Bertz CT molecular complexity index is 679. The number of rotatable bonds is 7. The number of para-hydroxylation sites is 1. The summed E-state index contributed by atoms with van der Waals surface area (Å²) in [5, 5.41) is 6.00. The number of ether oxygens (including phenoxy) is 1. The molecule has 1 heterocycles. The fourth-order valence-electron chi connectivity index (χ4n) is 1.96. The topological polar surface area (TPSA) is 76.1 Å². The lowest BCUT2D eigenvalue weighted by atomic mass is 10.3. The molecule has 23 heavy (non-hydrogen) atoms. The van der Waals surface area contributed by atoms with Crippen LogP contribution in [0.3, 0.4) is 0 Å². The SMILES string of the molecule is COCCCNC(=O)c1cc(Nc2ccccc2Br)nc(C)n1. The van der Waals surface area contributed by atoms with E-state index in [0.717, 1.165) is 16.6 Å². The van der Waals surface area contributed by atoms with Crippen molar-refractivity contribution >= 4 is 33.3 Å². The highest BCUT2D eigenvalue weighted by Gasteiger charge is 2.10. The molecule has 0 aliphatic carbocycles. The van der Waals surface area contributed by atoms with Crippen LogP contribution in [0.15, 0.2) is 34.8 Å². The van der Waals surface area contributed by atoms with Crippen molar-refractivity contribution in [2.75, 3.05) is 25.6 Å². The number of halogens is 1. The minimum Gasteiger partial charge on any atom is -0.385 e. The molecule has 0 bridgehead atoms. The number of hydrogen-bond acceptors (Lipinski definition) is 5. The van der Waals surface area contributed by atoms with Crippen LogP contribution in [0.4, 0.5) is 11.5 Å². The van der Waals surface area contributed by atoms with Crippen LogP contribution in [0.25, 0.3) is 0 Å². The first kappa shape index (κ1) is 17.4. The van der Waals surface area contributed by atoms with Gasteiger partial charge in [0.2, 0.25) is 0 Å². The van der Waals surface area contributed by atoms with Gasteiger partial charge in [0.15, 0.2) is 0 Å². The lowest BCUT2D eigenvalue weighted by Crippen LogP contribution is -2.26. The molecule has 0 aliphatic heterocycles. The summed E-state index contributed by atoms with van der Waals surface area (Å²) in [7, 11) is 1.63. The second-order valence-electron chi connectivity index (χ2n) is 4.89. The van der Waals surface area contributed by atoms with E-state index in [1.165, 1.54) is 0 Å². The predicted octanol–water partition coefficient (Wildman–Crippen LogP) is 3.06. The third-order valence-electron chi connectivity index (χ3n) is 3.02. The van der Waals surface area contributed by atoms with Gasteiger partial charge in [0.1, 0.15) is 17.3 Å². The van der Waals surface area contributed by atoms with E-state index in [-0.39, 0.29) is 5.91 Å². The second-order valence-corrected chi connectivity index (χ2v) is 5.75. The van der Waals surface area contributed by atoms with Crippen molar-refractivity contribution < 1.29 is 9.53 Å². The molecule has 0 aliphatic rings. The molecule has 0 saturated carbocycles. The van der Waals surface area contributed by atoms with Crippen molar-refractivity contribution in [2.24, 2.45) is 0 Å². The van der Waals surface area contributed by atoms with Crippen molar-refractivity contribution in [3.05, 3.63) is 46.3 Å². The fraction of sp³-hybridized carbons (Fsp3) is 0.312. The molecule has 1 aromatic heterocycles. The maximum atomic E-state index is 12.2. The number of hydrogen-bond donors (Lipinski definition) is 2. The molecule has 0 spiro atoms. The van der Waals surface area contributed by atoms with Crippen LogP contribution in [-0.4, -0.2) is 36.1 Å². The average Bonchev–Trinajstić information content (AvgIpc) is 2.53. The predicted molar refractivity (Wildman–Crippen MR) is 93.0 cm³/mol. The van der Waals surface area contributed by atoms with Gasteiger partial charge >= 0.3 is 0 Å². The molecule has 2 rings (SSSR count). The van der Waals surface area contributed by atoms with E-state index in [1.54, 1.807) is 20.1 Å². The van der Waals surface area contributed by atoms with Crippen LogP contribution >= 0.6 is 15.9 Å². The monoisotopic (exact) mass is 378 g/mol. The van der Waals surface area contributed by atoms with Crippen LogP contribution in [-0.2, 0) is 4.74 Å². The van der Waals surface area contributed by atoms with Gasteiger partial charge in [0, 0.05) is 30.8 Å². The molecule has 2 aromatic rings. The first-order chi connectivity index (χ1) is 11.1. The van der Waals surface area contributed by atoms with Crippen LogP contribution in [0.2, 0.25) is 0 Å². The van der Waals surface area contributed by atoms with E-state index < -0.39 is 0 Å². The molecule has 7 heteroatoms. The van der Waals surface area contributed by atoms with E-state index in [1.807, 2.05) is 24.3 Å². The van der Waals surface area contributed by atoms with Crippen molar-refractivity contribution in [1.82, 2.24) is 15.3 Å². The number of carbonyl (C=O) groups excluding carboxylic acids is 1. The summed E-state index contributed by atoms with van der Waals surface area (Å²) in [6, 6.07) is 9.34. The van der Waals surface area contributed by atoms with E-state index >= 15 is 0 Å². The van der Waals surface area contributed by atoms with Gasteiger partial charge in [-0.05, 0) is 41.4 Å². The Hall–Kier alpha value is -1.99. The molecular formula is C16H19BrN4O2. The van der Waals surface area contributed by atoms with Crippen molar-refractivity contribution in [3.63, 3.8) is 0 Å². The molecule has 0 saturated heterocycles. The molecule has 0 atom stereocenters. The Labute approximate surface area is 143 Å². The molecule has 122 valence electrons. The third-order valence-corrected chi connectivity index (χ3v) is 3.71. The van der Waals surface area contributed by atoms with Gasteiger partial charge in [-0.3, -0.25) is 4.79 Å². The Morgan fingerprint density at radius 3 is 2.83 bits per heavy atom. The zero-order valence-electron chi connectivity index (χ0n) is 13.1. The number of methoxy groups -OCH3 is 1. The minimum atomic E-state index is -0.221. The molecule has 0 unspecified atom stereocenters. The molecule has 2 N–H and O–H groups in total. The Kier molecular flexibility index (Phi) is 6.49. The molecule has 0 radical (unpaired) electrons. The highest BCUT2D eigenvalue weighted by Crippen LogP contribution is 2.24. The van der Waals surface area contributed by atoms with E-state index in [9.17, 15) is 4.79 Å². The summed E-state index contributed by atoms with van der Waals surface area (Å²) >= 11 is 3.47. The summed E-state index contributed by atoms with van der Waals surface area (Å²) in [4.78, 5) is 20.7. The van der Waals surface area contributed by atoms with E-state index in [2.05, 4.69) is 36.5 Å². The first-order valence-corrected chi connectivity index (χ1v) is 8.04. The molecule has 6 nitrogen and oxygen atoms in total. The largest absolute Gasteiger partial charge is 0.385 e. The maximum absolute atomic E-state index is 12.2. The van der Waals surface area contributed by atoms with Gasteiger partial charge in [-0.2, -0.15) is 0 Å². The van der Waals surface area contributed by atoms with Gasteiger partial charge in [-0.15, -0.1) is 0 Å². The quantitative estimate of drug-likeness (QED) is 0.724. The maximum Gasteiger partial charge on any atom is 0.270 e. The van der Waals surface area contributed by atoms with Gasteiger partial charge in [0.05, 0.1) is 5.69 Å². The number of anilines is 2. The Morgan fingerprint density at radius 2 is 2.09 bits per heavy atom. The molecule has 1 aromatic carbocycles. The number of aromatic nitrogens is 2. The number of carbonyl (C=O) groups is 1. The van der Waals surface area contributed by atoms with Gasteiger partial charge < -0.3 is 15.4 Å². The summed E-state index contributed by atoms with van der Waals surface area (Å²) in [6.45, 7) is 2.91. The standard InChI is InChI=1S/C16H19BrN4O2/c1-11-19-14(16(22)18-8-5-9-23-2)10-15(20-11)21-13-7-4-3-6-12(13)17/h3-4,6-7,10H,5,8-9H2,1-2H3,(H,18,22)(H,19,20,21). The average molecular weight is 379 g/mol. The Balaban J connectivity index is 2.09. The minimum absolute atomic E-state index is 0.221. The fourth-order valence-corrected chi connectivity index (χ4v) is 2.34.